The number of aromatic amines is 1. The molecule has 0 radical (unpaired) electrons. The van der Waals surface area contributed by atoms with Crippen LogP contribution in [0.4, 0.5) is 0 Å². The minimum absolute atomic E-state index is 0.679. The fraction of sp³-hybridized carbons (Fsp3) is 0.0714. The summed E-state index contributed by atoms with van der Waals surface area (Å²) >= 11 is 0. The van der Waals surface area contributed by atoms with E-state index in [1.165, 1.54) is 0 Å². The molecule has 3 rings (SSSR count). The molecule has 0 bridgehead atoms. The number of hydrogen-bond donors (Lipinski definition) is 1. The Bertz CT molecular complexity index is 713. The van der Waals surface area contributed by atoms with Gasteiger partial charge >= 0.3 is 0 Å². The molecule has 0 spiro atoms. The number of rotatable bonds is 2. The number of aldehydes is 1. The van der Waals surface area contributed by atoms with Gasteiger partial charge in [0, 0.05) is 21.9 Å². The van der Waals surface area contributed by atoms with Crippen LogP contribution in [0.15, 0.2) is 36.4 Å². The van der Waals surface area contributed by atoms with Crippen LogP contribution in [0.25, 0.3) is 21.8 Å². The molecular weight excluding hydrogens is 214 g/mol. The van der Waals surface area contributed by atoms with Crippen LogP contribution in [0.5, 0.6) is 5.75 Å². The van der Waals surface area contributed by atoms with Crippen molar-refractivity contribution >= 4 is 28.1 Å². The van der Waals surface area contributed by atoms with Gasteiger partial charge in [0.25, 0.3) is 0 Å². The second kappa shape index (κ2) is 3.63. The van der Waals surface area contributed by atoms with Crippen LogP contribution in [-0.4, -0.2) is 18.4 Å². The van der Waals surface area contributed by atoms with Crippen LogP contribution >= 0.6 is 0 Å². The van der Waals surface area contributed by atoms with Crippen molar-refractivity contribution in [3.05, 3.63) is 42.0 Å². The molecule has 1 N–H and O–H groups in total. The molecule has 0 saturated heterocycles. The Morgan fingerprint density at radius 3 is 2.76 bits per heavy atom. The predicted octanol–water partition coefficient (Wildman–Crippen LogP) is 3.14. The van der Waals surface area contributed by atoms with E-state index in [4.69, 9.17) is 4.74 Å². The van der Waals surface area contributed by atoms with Gasteiger partial charge in [0.05, 0.1) is 12.6 Å². The van der Waals surface area contributed by atoms with E-state index >= 15 is 0 Å². The third-order valence-corrected chi connectivity index (χ3v) is 3.00. The third kappa shape index (κ3) is 1.32. The molecule has 3 nitrogen and oxygen atoms in total. The van der Waals surface area contributed by atoms with E-state index in [1.807, 2.05) is 24.3 Å². The second-order valence-electron chi connectivity index (χ2n) is 3.90. The lowest BCUT2D eigenvalue weighted by Gasteiger charge is -2.02. The smallest absolute Gasteiger partial charge is 0.150 e. The molecule has 0 aliphatic rings. The highest BCUT2D eigenvalue weighted by molar-refractivity contribution is 6.15. The maximum atomic E-state index is 11.1. The number of aromatic nitrogens is 1. The molecule has 1 heterocycles. The van der Waals surface area contributed by atoms with Crippen molar-refractivity contribution in [2.75, 3.05) is 7.11 Å². The lowest BCUT2D eigenvalue weighted by Crippen LogP contribution is -1.87. The second-order valence-corrected chi connectivity index (χ2v) is 3.90. The number of ether oxygens (including phenoxy) is 1. The maximum absolute atomic E-state index is 11.1. The summed E-state index contributed by atoms with van der Waals surface area (Å²) in [5, 5.41) is 1.97. The van der Waals surface area contributed by atoms with Crippen LogP contribution in [0, 0.1) is 0 Å². The molecular formula is C14H11NO2. The standard InChI is InChI=1S/C14H11NO2/c1-17-12-7-6-9(8-16)13-10-4-2-3-5-11(10)15-14(12)13/h2-8,15H,1H3. The average Bonchev–Trinajstić information content (AvgIpc) is 2.77. The topological polar surface area (TPSA) is 42.1 Å². The summed E-state index contributed by atoms with van der Waals surface area (Å²) in [6.07, 6.45) is 0.877. The van der Waals surface area contributed by atoms with Crippen LogP contribution in [0.2, 0.25) is 0 Å². The van der Waals surface area contributed by atoms with Crippen molar-refractivity contribution in [3.63, 3.8) is 0 Å². The normalized spacial score (nSPS) is 10.9. The molecule has 0 fully saturated rings. The molecule has 0 aliphatic heterocycles. The van der Waals surface area contributed by atoms with Gasteiger partial charge in [-0.2, -0.15) is 0 Å². The summed E-state index contributed by atoms with van der Waals surface area (Å²) in [5.41, 5.74) is 2.56. The monoisotopic (exact) mass is 225 g/mol. The van der Waals surface area contributed by atoms with Gasteiger partial charge < -0.3 is 9.72 Å². The Morgan fingerprint density at radius 2 is 2.00 bits per heavy atom. The highest BCUT2D eigenvalue weighted by atomic mass is 16.5. The van der Waals surface area contributed by atoms with Gasteiger partial charge in [-0.1, -0.05) is 18.2 Å². The molecule has 3 heteroatoms. The first kappa shape index (κ1) is 9.90. The fourth-order valence-electron chi connectivity index (χ4n) is 2.23. The Balaban J connectivity index is 2.57. The van der Waals surface area contributed by atoms with Crippen LogP contribution in [0.3, 0.4) is 0 Å². The minimum Gasteiger partial charge on any atom is -0.495 e. The molecule has 0 unspecified atom stereocenters. The highest BCUT2D eigenvalue weighted by Crippen LogP contribution is 2.33. The molecule has 0 amide bonds. The zero-order chi connectivity index (χ0) is 11.8. The van der Waals surface area contributed by atoms with E-state index in [0.717, 1.165) is 33.8 Å². The predicted molar refractivity (Wildman–Crippen MR) is 67.7 cm³/mol. The van der Waals surface area contributed by atoms with Gasteiger partial charge in [-0.15, -0.1) is 0 Å². The van der Waals surface area contributed by atoms with E-state index in [1.54, 1.807) is 19.2 Å². The summed E-state index contributed by atoms with van der Waals surface area (Å²) in [7, 11) is 1.63. The van der Waals surface area contributed by atoms with Crippen molar-refractivity contribution in [1.29, 1.82) is 0 Å². The number of para-hydroxylation sites is 1. The third-order valence-electron chi connectivity index (χ3n) is 3.00. The number of H-pyrrole nitrogens is 1. The number of hydrogen-bond acceptors (Lipinski definition) is 2. The minimum atomic E-state index is 0.679. The average molecular weight is 225 g/mol. The zero-order valence-electron chi connectivity index (χ0n) is 9.36. The molecule has 0 saturated carbocycles. The molecule has 17 heavy (non-hydrogen) atoms. The number of nitrogens with one attached hydrogen (secondary N) is 1. The van der Waals surface area contributed by atoms with E-state index in [2.05, 4.69) is 4.98 Å². The van der Waals surface area contributed by atoms with Gasteiger partial charge in [0.2, 0.25) is 0 Å². The van der Waals surface area contributed by atoms with Gasteiger partial charge in [0.1, 0.15) is 5.75 Å². The quantitative estimate of drug-likeness (QED) is 0.681. The zero-order valence-corrected chi connectivity index (χ0v) is 9.36. The first-order valence-electron chi connectivity index (χ1n) is 5.37. The van der Waals surface area contributed by atoms with Crippen molar-refractivity contribution in [2.24, 2.45) is 0 Å². The number of methoxy groups -OCH3 is 1. The fourth-order valence-corrected chi connectivity index (χ4v) is 2.23. The van der Waals surface area contributed by atoms with Crippen molar-refractivity contribution in [3.8, 4) is 5.75 Å². The van der Waals surface area contributed by atoms with E-state index in [-0.39, 0.29) is 0 Å². The van der Waals surface area contributed by atoms with Gasteiger partial charge in [0.15, 0.2) is 6.29 Å². The summed E-state index contributed by atoms with van der Waals surface area (Å²) in [6, 6.07) is 11.5. The van der Waals surface area contributed by atoms with E-state index in [0.29, 0.717) is 5.56 Å². The van der Waals surface area contributed by atoms with Crippen LogP contribution in [0.1, 0.15) is 10.4 Å². The summed E-state index contributed by atoms with van der Waals surface area (Å²) < 4.78 is 5.31. The number of carbonyl (C=O) groups is 1. The molecule has 2 aromatic carbocycles. The molecule has 3 aromatic rings. The summed E-state index contributed by atoms with van der Waals surface area (Å²) in [6.45, 7) is 0. The number of benzene rings is 2. The first-order valence-corrected chi connectivity index (χ1v) is 5.37. The Hall–Kier alpha value is -2.29. The lowest BCUT2D eigenvalue weighted by atomic mass is 10.1. The molecule has 0 atom stereocenters. The van der Waals surface area contributed by atoms with Crippen molar-refractivity contribution in [2.45, 2.75) is 0 Å². The Morgan fingerprint density at radius 1 is 1.18 bits per heavy atom. The Kier molecular flexibility index (Phi) is 2.11. The Labute approximate surface area is 98.0 Å². The largest absolute Gasteiger partial charge is 0.495 e. The van der Waals surface area contributed by atoms with E-state index < -0.39 is 0 Å². The molecule has 0 aliphatic carbocycles. The molecule has 84 valence electrons. The highest BCUT2D eigenvalue weighted by Gasteiger charge is 2.11. The van der Waals surface area contributed by atoms with Crippen molar-refractivity contribution in [1.82, 2.24) is 4.98 Å². The molecule has 1 aromatic heterocycles. The van der Waals surface area contributed by atoms with Gasteiger partial charge in [-0.25, -0.2) is 0 Å². The summed E-state index contributed by atoms with van der Waals surface area (Å²) in [5.74, 6) is 0.752. The SMILES string of the molecule is COc1ccc(C=O)c2c1[nH]c1ccccc12. The summed E-state index contributed by atoms with van der Waals surface area (Å²) in [4.78, 5) is 14.4. The maximum Gasteiger partial charge on any atom is 0.150 e. The van der Waals surface area contributed by atoms with E-state index in [9.17, 15) is 4.79 Å². The van der Waals surface area contributed by atoms with Gasteiger partial charge in [-0.3, -0.25) is 4.79 Å². The number of carbonyl (C=O) groups excluding carboxylic acids is 1. The number of fused-ring (bicyclic) bond motifs is 3. The van der Waals surface area contributed by atoms with Gasteiger partial charge in [-0.05, 0) is 18.2 Å². The van der Waals surface area contributed by atoms with Crippen molar-refractivity contribution < 1.29 is 9.53 Å². The lowest BCUT2D eigenvalue weighted by molar-refractivity contribution is 0.112. The van der Waals surface area contributed by atoms with Crippen LogP contribution in [-0.2, 0) is 0 Å². The first-order chi connectivity index (χ1) is 8.35. The van der Waals surface area contributed by atoms with Crippen LogP contribution < -0.4 is 4.74 Å².